The molecule has 1 fully saturated rings. The van der Waals surface area contributed by atoms with Crippen LogP contribution in [-0.4, -0.2) is 17.1 Å². The molecule has 1 aromatic carbocycles. The number of aromatic hydroxyl groups is 1. The minimum atomic E-state index is -0.378. The van der Waals surface area contributed by atoms with Crippen molar-refractivity contribution in [2.75, 3.05) is 5.73 Å². The molecule has 0 radical (unpaired) electrons. The largest absolute Gasteiger partial charge is 0.504 e. The van der Waals surface area contributed by atoms with Crippen LogP contribution in [-0.2, 0) is 0 Å². The predicted molar refractivity (Wildman–Crippen MR) is 63.0 cm³/mol. The first kappa shape index (κ1) is 11.4. The molecule has 1 aliphatic carbocycles. The maximum Gasteiger partial charge on any atom is 0.255 e. The van der Waals surface area contributed by atoms with Crippen LogP contribution < -0.4 is 11.1 Å². The molecule has 2 rings (SSSR count). The second-order valence-electron chi connectivity index (χ2n) is 3.73. The van der Waals surface area contributed by atoms with E-state index in [0.29, 0.717) is 0 Å². The number of nitrogens with two attached hydrogens (primary N) is 1. The van der Waals surface area contributed by atoms with E-state index in [2.05, 4.69) is 5.32 Å². The van der Waals surface area contributed by atoms with Gasteiger partial charge in [-0.1, -0.05) is 23.2 Å². The molecule has 86 valence electrons. The molecule has 1 amide bonds. The maximum absolute atomic E-state index is 11.8. The lowest BCUT2D eigenvalue weighted by Crippen LogP contribution is -2.26. The number of anilines is 1. The number of carbonyl (C=O) groups is 1. The summed E-state index contributed by atoms with van der Waals surface area (Å²) in [4.78, 5) is 11.8. The SMILES string of the molecule is Nc1c(O)c(Cl)cc(Cl)c1C(=O)NC1CC1. The fraction of sp³-hybridized carbons (Fsp3) is 0.300. The highest BCUT2D eigenvalue weighted by Gasteiger charge is 2.27. The van der Waals surface area contributed by atoms with Crippen LogP contribution in [0, 0.1) is 0 Å². The number of halogens is 2. The lowest BCUT2D eigenvalue weighted by atomic mass is 10.1. The minimum Gasteiger partial charge on any atom is -0.504 e. The zero-order valence-corrected chi connectivity index (χ0v) is 9.77. The van der Waals surface area contributed by atoms with Crippen LogP contribution in [0.25, 0.3) is 0 Å². The maximum atomic E-state index is 11.8. The van der Waals surface area contributed by atoms with Gasteiger partial charge in [-0.05, 0) is 18.9 Å². The topological polar surface area (TPSA) is 75.3 Å². The number of nitrogen functional groups attached to an aromatic ring is 1. The molecule has 0 atom stereocenters. The normalized spacial score (nSPS) is 14.9. The number of nitrogens with one attached hydrogen (secondary N) is 1. The summed E-state index contributed by atoms with van der Waals surface area (Å²) in [5, 5.41) is 12.4. The summed E-state index contributed by atoms with van der Waals surface area (Å²) in [7, 11) is 0. The van der Waals surface area contributed by atoms with Gasteiger partial charge in [-0.3, -0.25) is 4.79 Å². The third-order valence-electron chi connectivity index (χ3n) is 2.38. The molecule has 4 N–H and O–H groups in total. The third-order valence-corrected chi connectivity index (χ3v) is 2.97. The summed E-state index contributed by atoms with van der Waals surface area (Å²) >= 11 is 11.5. The highest BCUT2D eigenvalue weighted by molar-refractivity contribution is 6.38. The number of rotatable bonds is 2. The number of hydrogen-bond donors (Lipinski definition) is 3. The molecule has 0 spiro atoms. The Balaban J connectivity index is 2.38. The first-order valence-corrected chi connectivity index (χ1v) is 5.53. The standard InChI is InChI=1S/C10H10Cl2N2O2/c11-5-3-6(12)9(15)8(13)7(5)10(16)14-4-1-2-4/h3-4,15H,1-2,13H2,(H,14,16). The molecule has 4 nitrogen and oxygen atoms in total. The van der Waals surface area contributed by atoms with Crippen LogP contribution in [0.5, 0.6) is 5.75 Å². The van der Waals surface area contributed by atoms with Crippen LogP contribution in [0.4, 0.5) is 5.69 Å². The fourth-order valence-electron chi connectivity index (χ4n) is 1.34. The van der Waals surface area contributed by atoms with Crippen LogP contribution in [0.1, 0.15) is 23.2 Å². The van der Waals surface area contributed by atoms with Crippen LogP contribution in [0.2, 0.25) is 10.0 Å². The van der Waals surface area contributed by atoms with E-state index >= 15 is 0 Å². The van der Waals surface area contributed by atoms with Crippen molar-refractivity contribution in [2.45, 2.75) is 18.9 Å². The molecule has 0 heterocycles. The molecule has 0 aliphatic heterocycles. The average Bonchev–Trinajstić information content (AvgIpc) is 2.98. The average molecular weight is 261 g/mol. The smallest absolute Gasteiger partial charge is 0.255 e. The second kappa shape index (κ2) is 4.03. The van der Waals surface area contributed by atoms with Gasteiger partial charge in [0.1, 0.15) is 0 Å². The number of phenols is 1. The number of carbonyl (C=O) groups excluding carboxylic acids is 1. The highest BCUT2D eigenvalue weighted by atomic mass is 35.5. The molecule has 6 heteroatoms. The Morgan fingerprint density at radius 3 is 2.62 bits per heavy atom. The number of benzene rings is 1. The second-order valence-corrected chi connectivity index (χ2v) is 4.54. The minimum absolute atomic E-state index is 0.0328. The monoisotopic (exact) mass is 260 g/mol. The van der Waals surface area contributed by atoms with Gasteiger partial charge in [0.15, 0.2) is 5.75 Å². The number of hydrogen-bond acceptors (Lipinski definition) is 3. The Morgan fingerprint density at radius 1 is 1.44 bits per heavy atom. The Labute approximate surface area is 102 Å². The van der Waals surface area contributed by atoms with E-state index < -0.39 is 0 Å². The Morgan fingerprint density at radius 2 is 2.06 bits per heavy atom. The van der Waals surface area contributed by atoms with Gasteiger partial charge in [0.2, 0.25) is 0 Å². The van der Waals surface area contributed by atoms with E-state index in [9.17, 15) is 9.90 Å². The molecule has 1 aliphatic rings. The van der Waals surface area contributed by atoms with E-state index in [1.165, 1.54) is 6.07 Å². The molecule has 0 unspecified atom stereocenters. The zero-order chi connectivity index (χ0) is 11.9. The lowest BCUT2D eigenvalue weighted by molar-refractivity contribution is 0.0952. The molecule has 1 saturated carbocycles. The van der Waals surface area contributed by atoms with Crippen molar-refractivity contribution >= 4 is 34.8 Å². The molecule has 0 bridgehead atoms. The van der Waals surface area contributed by atoms with Gasteiger partial charge in [-0.2, -0.15) is 0 Å². The molecule has 0 aromatic heterocycles. The summed E-state index contributed by atoms with van der Waals surface area (Å²) in [6.45, 7) is 0. The molecule has 16 heavy (non-hydrogen) atoms. The first-order chi connectivity index (χ1) is 7.50. The number of phenolic OH excluding ortho intramolecular Hbond substituents is 1. The van der Waals surface area contributed by atoms with Crippen molar-refractivity contribution in [3.05, 3.63) is 21.7 Å². The summed E-state index contributed by atoms with van der Waals surface area (Å²) < 4.78 is 0. The molecular formula is C10H10Cl2N2O2. The summed E-state index contributed by atoms with van der Waals surface area (Å²) in [5.41, 5.74) is 5.59. The van der Waals surface area contributed by atoms with E-state index in [4.69, 9.17) is 28.9 Å². The van der Waals surface area contributed by atoms with E-state index in [1.54, 1.807) is 0 Å². The predicted octanol–water partition coefficient (Wildman–Crippen LogP) is 2.17. The lowest BCUT2D eigenvalue weighted by Gasteiger charge is -2.11. The van der Waals surface area contributed by atoms with Crippen molar-refractivity contribution in [3.8, 4) is 5.75 Å². The molecular weight excluding hydrogens is 251 g/mol. The first-order valence-electron chi connectivity index (χ1n) is 4.78. The quantitative estimate of drug-likeness (QED) is 0.564. The van der Waals surface area contributed by atoms with Gasteiger partial charge in [0.25, 0.3) is 5.91 Å². The Hall–Kier alpha value is -1.13. The van der Waals surface area contributed by atoms with Crippen molar-refractivity contribution in [1.29, 1.82) is 0 Å². The van der Waals surface area contributed by atoms with E-state index in [-0.39, 0.29) is 39.0 Å². The van der Waals surface area contributed by atoms with Crippen molar-refractivity contribution < 1.29 is 9.90 Å². The highest BCUT2D eigenvalue weighted by Crippen LogP contribution is 2.37. The molecule has 1 aromatic rings. The van der Waals surface area contributed by atoms with Crippen LogP contribution in [0.15, 0.2) is 6.07 Å². The Kier molecular flexibility index (Phi) is 2.86. The van der Waals surface area contributed by atoms with Gasteiger partial charge in [-0.25, -0.2) is 0 Å². The number of amides is 1. The third kappa shape index (κ3) is 2.03. The van der Waals surface area contributed by atoms with Gasteiger partial charge in [-0.15, -0.1) is 0 Å². The van der Waals surface area contributed by atoms with Crippen molar-refractivity contribution in [3.63, 3.8) is 0 Å². The van der Waals surface area contributed by atoms with Gasteiger partial charge < -0.3 is 16.2 Å². The summed E-state index contributed by atoms with van der Waals surface area (Å²) in [5.74, 6) is -0.691. The van der Waals surface area contributed by atoms with Crippen molar-refractivity contribution in [1.82, 2.24) is 5.32 Å². The Bertz CT molecular complexity index is 459. The summed E-state index contributed by atoms with van der Waals surface area (Å²) in [6.07, 6.45) is 1.92. The zero-order valence-electron chi connectivity index (χ0n) is 8.26. The summed E-state index contributed by atoms with van der Waals surface area (Å²) in [6, 6.07) is 1.50. The van der Waals surface area contributed by atoms with Gasteiger partial charge in [0.05, 0.1) is 21.3 Å². The fourth-order valence-corrected chi connectivity index (χ4v) is 1.91. The van der Waals surface area contributed by atoms with Crippen LogP contribution in [0.3, 0.4) is 0 Å². The van der Waals surface area contributed by atoms with E-state index in [1.807, 2.05) is 0 Å². The van der Waals surface area contributed by atoms with E-state index in [0.717, 1.165) is 12.8 Å². The van der Waals surface area contributed by atoms with Crippen LogP contribution >= 0.6 is 23.2 Å². The van der Waals surface area contributed by atoms with Crippen molar-refractivity contribution in [2.24, 2.45) is 0 Å². The molecule has 0 saturated heterocycles. The van der Waals surface area contributed by atoms with Gasteiger partial charge >= 0.3 is 0 Å². The van der Waals surface area contributed by atoms with Gasteiger partial charge in [0, 0.05) is 6.04 Å².